The molecule has 2 aliphatic rings. The van der Waals surface area contributed by atoms with Gasteiger partial charge in [0.2, 0.25) is 5.91 Å². The number of rotatable bonds is 4. The predicted octanol–water partition coefficient (Wildman–Crippen LogP) is 1.08. The first-order valence-corrected chi connectivity index (χ1v) is 8.65. The second-order valence-electron chi connectivity index (χ2n) is 6.62. The van der Waals surface area contributed by atoms with Crippen LogP contribution in [0.4, 0.5) is 0 Å². The van der Waals surface area contributed by atoms with E-state index in [2.05, 4.69) is 14.8 Å². The first-order chi connectivity index (χ1) is 12.1. The number of carbonyl (C=O) groups is 2. The average Bonchev–Trinajstić information content (AvgIpc) is 3.37. The van der Waals surface area contributed by atoms with Gasteiger partial charge in [-0.1, -0.05) is 0 Å². The van der Waals surface area contributed by atoms with Crippen LogP contribution in [0.5, 0.6) is 0 Å². The van der Waals surface area contributed by atoms with Gasteiger partial charge in [0.1, 0.15) is 11.9 Å². The van der Waals surface area contributed by atoms with Crippen LogP contribution >= 0.6 is 0 Å². The van der Waals surface area contributed by atoms with Crippen molar-refractivity contribution in [2.45, 2.75) is 44.8 Å². The fourth-order valence-electron chi connectivity index (χ4n) is 3.68. The molecule has 0 N–H and O–H groups in total. The second-order valence-corrected chi connectivity index (χ2v) is 6.62. The summed E-state index contributed by atoms with van der Waals surface area (Å²) in [6.45, 7) is 1.89. The van der Waals surface area contributed by atoms with Crippen LogP contribution in [-0.4, -0.2) is 56.0 Å². The molecule has 0 unspecified atom stereocenters. The molecule has 132 valence electrons. The highest BCUT2D eigenvalue weighted by Gasteiger charge is 2.37. The molecule has 0 radical (unpaired) electrons. The highest BCUT2D eigenvalue weighted by atomic mass is 16.3. The van der Waals surface area contributed by atoms with Gasteiger partial charge in [0.05, 0.1) is 12.8 Å². The van der Waals surface area contributed by atoms with Gasteiger partial charge in [0.15, 0.2) is 11.6 Å². The van der Waals surface area contributed by atoms with Crippen LogP contribution in [0.2, 0.25) is 0 Å². The summed E-state index contributed by atoms with van der Waals surface area (Å²) in [6.07, 6.45) is 4.98. The van der Waals surface area contributed by atoms with Crippen molar-refractivity contribution >= 4 is 11.8 Å². The Labute approximate surface area is 145 Å². The molecule has 2 aromatic heterocycles. The van der Waals surface area contributed by atoms with E-state index in [4.69, 9.17) is 4.42 Å². The molecule has 2 aromatic rings. The fraction of sp³-hybridized carbons (Fsp3) is 0.529. The van der Waals surface area contributed by atoms with Crippen molar-refractivity contribution in [3.05, 3.63) is 35.8 Å². The molecule has 1 saturated heterocycles. The van der Waals surface area contributed by atoms with Crippen LogP contribution in [0.15, 0.2) is 22.8 Å². The molecular weight excluding hydrogens is 322 g/mol. The highest BCUT2D eigenvalue weighted by Crippen LogP contribution is 2.23. The van der Waals surface area contributed by atoms with E-state index in [1.54, 1.807) is 29.0 Å². The number of hydrogen-bond donors (Lipinski definition) is 0. The molecule has 2 aliphatic heterocycles. The lowest BCUT2D eigenvalue weighted by atomic mass is 10.2. The van der Waals surface area contributed by atoms with Crippen molar-refractivity contribution in [3.8, 4) is 0 Å². The Morgan fingerprint density at radius 1 is 1.32 bits per heavy atom. The van der Waals surface area contributed by atoms with Crippen molar-refractivity contribution in [1.82, 2.24) is 24.6 Å². The van der Waals surface area contributed by atoms with E-state index in [-0.39, 0.29) is 17.6 Å². The number of nitrogens with zero attached hydrogens (tertiary/aromatic N) is 5. The molecule has 2 amide bonds. The van der Waals surface area contributed by atoms with Gasteiger partial charge in [-0.3, -0.25) is 9.59 Å². The molecule has 4 rings (SSSR count). The maximum Gasteiger partial charge on any atom is 0.290 e. The predicted molar refractivity (Wildman–Crippen MR) is 87.6 cm³/mol. The Hall–Kier alpha value is -2.64. The molecule has 8 heteroatoms. The number of amides is 2. The molecule has 0 aliphatic carbocycles. The summed E-state index contributed by atoms with van der Waals surface area (Å²) < 4.78 is 7.28. The lowest BCUT2D eigenvalue weighted by Gasteiger charge is -2.27. The molecule has 1 fully saturated rings. The molecule has 25 heavy (non-hydrogen) atoms. The summed E-state index contributed by atoms with van der Waals surface area (Å²) in [5.74, 6) is 1.79. The van der Waals surface area contributed by atoms with Crippen molar-refractivity contribution in [2.75, 3.05) is 13.6 Å². The smallest absolute Gasteiger partial charge is 0.290 e. The molecule has 0 aromatic carbocycles. The SMILES string of the molecule is CN(Cc1nnc2n1CCC2)C(=O)[C@@H]1CCCN1C(=O)c1ccco1. The van der Waals surface area contributed by atoms with Crippen LogP contribution in [0.3, 0.4) is 0 Å². The van der Waals surface area contributed by atoms with Crippen molar-refractivity contribution in [2.24, 2.45) is 0 Å². The number of likely N-dealkylation sites (N-methyl/N-ethyl adjacent to an activating group) is 1. The molecule has 0 spiro atoms. The first-order valence-electron chi connectivity index (χ1n) is 8.65. The van der Waals surface area contributed by atoms with Gasteiger partial charge in [-0.05, 0) is 31.4 Å². The Morgan fingerprint density at radius 2 is 2.20 bits per heavy atom. The van der Waals surface area contributed by atoms with Crippen LogP contribution < -0.4 is 0 Å². The monoisotopic (exact) mass is 343 g/mol. The normalized spacial score (nSPS) is 19.2. The molecule has 4 heterocycles. The summed E-state index contributed by atoms with van der Waals surface area (Å²) in [5.41, 5.74) is 0. The van der Waals surface area contributed by atoms with Gasteiger partial charge >= 0.3 is 0 Å². The maximum absolute atomic E-state index is 12.9. The molecule has 0 bridgehead atoms. The Bertz CT molecular complexity index is 782. The van der Waals surface area contributed by atoms with E-state index in [9.17, 15) is 9.59 Å². The number of hydrogen-bond acceptors (Lipinski definition) is 5. The quantitative estimate of drug-likeness (QED) is 0.829. The highest BCUT2D eigenvalue weighted by molar-refractivity contribution is 5.95. The first kappa shape index (κ1) is 15.9. The largest absolute Gasteiger partial charge is 0.459 e. The molecule has 8 nitrogen and oxygen atoms in total. The zero-order chi connectivity index (χ0) is 17.4. The topological polar surface area (TPSA) is 84.5 Å². The van der Waals surface area contributed by atoms with E-state index in [0.717, 1.165) is 37.5 Å². The standard InChI is InChI=1S/C17H21N5O3/c1-20(11-15-19-18-14-7-3-9-22(14)15)16(23)12-5-2-8-21(12)17(24)13-6-4-10-25-13/h4,6,10,12H,2-3,5,7-9,11H2,1H3/t12-/m0/s1. The van der Waals surface area contributed by atoms with Crippen LogP contribution in [0, 0.1) is 0 Å². The summed E-state index contributed by atoms with van der Waals surface area (Å²) >= 11 is 0. The zero-order valence-corrected chi connectivity index (χ0v) is 14.2. The minimum atomic E-state index is -0.441. The van der Waals surface area contributed by atoms with Crippen LogP contribution in [0.1, 0.15) is 41.5 Å². The minimum absolute atomic E-state index is 0.0623. The molecular formula is C17H21N5O3. The average molecular weight is 343 g/mol. The summed E-state index contributed by atoms with van der Waals surface area (Å²) in [7, 11) is 1.76. The van der Waals surface area contributed by atoms with Crippen molar-refractivity contribution in [3.63, 3.8) is 0 Å². The number of likely N-dealkylation sites (tertiary alicyclic amines) is 1. The van der Waals surface area contributed by atoms with Gasteiger partial charge in [-0.25, -0.2) is 0 Å². The number of aromatic nitrogens is 3. The van der Waals surface area contributed by atoms with Gasteiger partial charge in [0, 0.05) is 26.6 Å². The van der Waals surface area contributed by atoms with Gasteiger partial charge < -0.3 is 18.8 Å². The van der Waals surface area contributed by atoms with E-state index in [1.165, 1.54) is 6.26 Å². The molecule has 1 atom stereocenters. The lowest BCUT2D eigenvalue weighted by Crippen LogP contribution is -2.46. The Kier molecular flexibility index (Phi) is 4.03. The zero-order valence-electron chi connectivity index (χ0n) is 14.2. The Balaban J connectivity index is 1.46. The van der Waals surface area contributed by atoms with Gasteiger partial charge in [-0.15, -0.1) is 10.2 Å². The van der Waals surface area contributed by atoms with Gasteiger partial charge in [0.25, 0.3) is 5.91 Å². The van der Waals surface area contributed by atoms with E-state index < -0.39 is 6.04 Å². The third kappa shape index (κ3) is 2.81. The number of furan rings is 1. The maximum atomic E-state index is 12.9. The molecule has 0 saturated carbocycles. The van der Waals surface area contributed by atoms with Crippen molar-refractivity contribution < 1.29 is 14.0 Å². The van der Waals surface area contributed by atoms with Crippen LogP contribution in [-0.2, 0) is 24.3 Å². The summed E-state index contributed by atoms with van der Waals surface area (Å²) in [4.78, 5) is 28.7. The summed E-state index contributed by atoms with van der Waals surface area (Å²) in [5, 5.41) is 8.39. The number of aryl methyl sites for hydroxylation is 1. The van der Waals surface area contributed by atoms with Crippen LogP contribution in [0.25, 0.3) is 0 Å². The third-order valence-corrected chi connectivity index (χ3v) is 4.97. The third-order valence-electron chi connectivity index (χ3n) is 4.97. The van der Waals surface area contributed by atoms with E-state index in [1.807, 2.05) is 0 Å². The Morgan fingerprint density at radius 3 is 3.00 bits per heavy atom. The van der Waals surface area contributed by atoms with E-state index >= 15 is 0 Å². The second kappa shape index (κ2) is 6.34. The minimum Gasteiger partial charge on any atom is -0.459 e. The number of fused-ring (bicyclic) bond motifs is 1. The lowest BCUT2D eigenvalue weighted by molar-refractivity contribution is -0.134. The van der Waals surface area contributed by atoms with Gasteiger partial charge in [-0.2, -0.15) is 0 Å². The van der Waals surface area contributed by atoms with Crippen molar-refractivity contribution in [1.29, 1.82) is 0 Å². The summed E-state index contributed by atoms with van der Waals surface area (Å²) in [6, 6.07) is 2.87. The fourth-order valence-corrected chi connectivity index (χ4v) is 3.68. The van der Waals surface area contributed by atoms with E-state index in [0.29, 0.717) is 19.5 Å². The number of carbonyl (C=O) groups excluding carboxylic acids is 2.